The van der Waals surface area contributed by atoms with Gasteiger partial charge in [-0.25, -0.2) is 9.97 Å². The summed E-state index contributed by atoms with van der Waals surface area (Å²) >= 11 is 6.02. The summed E-state index contributed by atoms with van der Waals surface area (Å²) in [5, 5.41) is 6.43. The molecule has 3 rings (SSSR count). The van der Waals surface area contributed by atoms with Crippen LogP contribution in [-0.2, 0) is 6.54 Å². The van der Waals surface area contributed by atoms with Gasteiger partial charge in [-0.1, -0.05) is 17.7 Å². The first-order chi connectivity index (χ1) is 12.7. The SMILES string of the molecule is COc1ccc(Cl)cc1Nc1cc(C(=O)NCc2cccnc2)ncn1. The molecule has 3 aromatic rings. The summed E-state index contributed by atoms with van der Waals surface area (Å²) in [7, 11) is 1.56. The predicted molar refractivity (Wildman–Crippen MR) is 98.7 cm³/mol. The van der Waals surface area contributed by atoms with E-state index >= 15 is 0 Å². The molecule has 0 saturated carbocycles. The molecule has 1 amide bonds. The van der Waals surface area contributed by atoms with Gasteiger partial charge in [0.2, 0.25) is 0 Å². The molecule has 132 valence electrons. The van der Waals surface area contributed by atoms with Crippen molar-refractivity contribution >= 4 is 29.0 Å². The summed E-state index contributed by atoms with van der Waals surface area (Å²) in [5.74, 6) is 0.750. The Kier molecular flexibility index (Phi) is 5.60. The summed E-state index contributed by atoms with van der Waals surface area (Å²) in [6.45, 7) is 0.363. The van der Waals surface area contributed by atoms with Gasteiger partial charge in [-0.05, 0) is 29.8 Å². The van der Waals surface area contributed by atoms with Gasteiger partial charge >= 0.3 is 0 Å². The number of nitrogens with one attached hydrogen (secondary N) is 2. The third kappa shape index (κ3) is 4.46. The van der Waals surface area contributed by atoms with Crippen LogP contribution in [0.15, 0.2) is 55.1 Å². The van der Waals surface area contributed by atoms with Crippen molar-refractivity contribution in [3.63, 3.8) is 0 Å². The fourth-order valence-electron chi connectivity index (χ4n) is 2.24. The van der Waals surface area contributed by atoms with E-state index in [1.54, 1.807) is 43.8 Å². The van der Waals surface area contributed by atoms with Crippen molar-refractivity contribution < 1.29 is 9.53 Å². The Hall–Kier alpha value is -3.19. The van der Waals surface area contributed by atoms with Crippen molar-refractivity contribution in [1.29, 1.82) is 0 Å². The van der Waals surface area contributed by atoms with E-state index in [1.807, 2.05) is 12.1 Å². The van der Waals surface area contributed by atoms with Gasteiger partial charge < -0.3 is 15.4 Å². The molecule has 0 aliphatic heterocycles. The minimum Gasteiger partial charge on any atom is -0.495 e. The molecular weight excluding hydrogens is 354 g/mol. The minimum absolute atomic E-state index is 0.243. The van der Waals surface area contributed by atoms with Crippen LogP contribution in [0.2, 0.25) is 5.02 Å². The van der Waals surface area contributed by atoms with Crippen LogP contribution in [-0.4, -0.2) is 28.0 Å². The smallest absolute Gasteiger partial charge is 0.270 e. The van der Waals surface area contributed by atoms with E-state index in [0.717, 1.165) is 5.56 Å². The topological polar surface area (TPSA) is 89.0 Å². The molecule has 2 aromatic heterocycles. The lowest BCUT2D eigenvalue weighted by Gasteiger charge is -2.11. The molecule has 0 spiro atoms. The van der Waals surface area contributed by atoms with Gasteiger partial charge in [0.05, 0.1) is 12.8 Å². The molecule has 0 bridgehead atoms. The predicted octanol–water partition coefficient (Wildman–Crippen LogP) is 3.21. The molecule has 1 aromatic carbocycles. The van der Waals surface area contributed by atoms with Gasteiger partial charge in [-0.15, -0.1) is 0 Å². The van der Waals surface area contributed by atoms with Gasteiger partial charge in [0.25, 0.3) is 5.91 Å². The van der Waals surface area contributed by atoms with Gasteiger partial charge in [0.15, 0.2) is 0 Å². The number of aromatic nitrogens is 3. The number of carbonyl (C=O) groups excluding carboxylic acids is 1. The third-order valence-electron chi connectivity index (χ3n) is 3.50. The number of amides is 1. The van der Waals surface area contributed by atoms with E-state index < -0.39 is 0 Å². The number of hydrogen-bond acceptors (Lipinski definition) is 6. The number of ether oxygens (including phenoxy) is 1. The highest BCUT2D eigenvalue weighted by Crippen LogP contribution is 2.29. The molecule has 2 N–H and O–H groups in total. The van der Waals surface area contributed by atoms with E-state index in [4.69, 9.17) is 16.3 Å². The fourth-order valence-corrected chi connectivity index (χ4v) is 2.41. The highest BCUT2D eigenvalue weighted by Gasteiger charge is 2.10. The van der Waals surface area contributed by atoms with Gasteiger partial charge in [-0.3, -0.25) is 9.78 Å². The Morgan fingerprint density at radius 3 is 2.88 bits per heavy atom. The van der Waals surface area contributed by atoms with Crippen molar-refractivity contribution in [2.45, 2.75) is 6.54 Å². The van der Waals surface area contributed by atoms with Crippen molar-refractivity contribution in [3.8, 4) is 5.75 Å². The molecule has 0 fully saturated rings. The average molecular weight is 370 g/mol. The second-order valence-corrected chi connectivity index (χ2v) is 5.74. The Morgan fingerprint density at radius 2 is 2.12 bits per heavy atom. The summed E-state index contributed by atoms with van der Waals surface area (Å²) < 4.78 is 5.29. The second kappa shape index (κ2) is 8.26. The number of carbonyl (C=O) groups is 1. The molecule has 0 aliphatic carbocycles. The molecule has 26 heavy (non-hydrogen) atoms. The summed E-state index contributed by atoms with van der Waals surface area (Å²) in [4.78, 5) is 24.5. The first-order valence-electron chi connectivity index (χ1n) is 7.75. The molecule has 8 heteroatoms. The van der Waals surface area contributed by atoms with E-state index in [1.165, 1.54) is 6.33 Å². The fraction of sp³-hybridized carbons (Fsp3) is 0.111. The number of hydrogen-bond donors (Lipinski definition) is 2. The van der Waals surface area contributed by atoms with E-state index in [9.17, 15) is 4.79 Å². The van der Waals surface area contributed by atoms with Crippen LogP contribution in [0, 0.1) is 0 Å². The third-order valence-corrected chi connectivity index (χ3v) is 3.73. The largest absolute Gasteiger partial charge is 0.495 e. The molecule has 0 radical (unpaired) electrons. The van der Waals surface area contributed by atoms with Gasteiger partial charge in [0, 0.05) is 30.0 Å². The number of anilines is 2. The Bertz CT molecular complexity index is 905. The Balaban J connectivity index is 1.72. The normalized spacial score (nSPS) is 10.2. The molecular formula is C18H16ClN5O2. The van der Waals surface area contributed by atoms with Crippen LogP contribution in [0.25, 0.3) is 0 Å². The molecule has 0 aliphatic rings. The Labute approximate surface area is 155 Å². The van der Waals surface area contributed by atoms with Gasteiger partial charge in [-0.2, -0.15) is 0 Å². The zero-order chi connectivity index (χ0) is 18.4. The second-order valence-electron chi connectivity index (χ2n) is 5.30. The van der Waals surface area contributed by atoms with Crippen molar-refractivity contribution in [3.05, 3.63) is 71.4 Å². The average Bonchev–Trinajstić information content (AvgIpc) is 2.67. The standard InChI is InChI=1S/C18H16ClN5O2/c1-26-16-5-4-13(19)7-14(16)24-17-8-15(22-11-23-17)18(25)21-10-12-3-2-6-20-9-12/h2-9,11H,10H2,1H3,(H,21,25)(H,22,23,24). The van der Waals surface area contributed by atoms with Gasteiger partial charge in [0.1, 0.15) is 23.6 Å². The molecule has 0 saturated heterocycles. The summed E-state index contributed by atoms with van der Waals surface area (Å²) in [6.07, 6.45) is 4.69. The first-order valence-corrected chi connectivity index (χ1v) is 8.13. The number of halogens is 1. The van der Waals surface area contributed by atoms with Crippen LogP contribution in [0.3, 0.4) is 0 Å². The lowest BCUT2D eigenvalue weighted by Crippen LogP contribution is -2.24. The lowest BCUT2D eigenvalue weighted by molar-refractivity contribution is 0.0945. The lowest BCUT2D eigenvalue weighted by atomic mass is 10.2. The Morgan fingerprint density at radius 1 is 1.23 bits per heavy atom. The summed E-state index contributed by atoms with van der Waals surface area (Å²) in [6, 6.07) is 10.4. The number of benzene rings is 1. The van der Waals surface area contributed by atoms with Crippen LogP contribution in [0.5, 0.6) is 5.75 Å². The van der Waals surface area contributed by atoms with E-state index in [2.05, 4.69) is 25.6 Å². The number of methoxy groups -OCH3 is 1. The zero-order valence-electron chi connectivity index (χ0n) is 13.9. The van der Waals surface area contributed by atoms with Crippen molar-refractivity contribution in [1.82, 2.24) is 20.3 Å². The van der Waals surface area contributed by atoms with Crippen LogP contribution in [0.4, 0.5) is 11.5 Å². The quantitative estimate of drug-likeness (QED) is 0.693. The van der Waals surface area contributed by atoms with Crippen LogP contribution >= 0.6 is 11.6 Å². The van der Waals surface area contributed by atoms with Crippen molar-refractivity contribution in [2.75, 3.05) is 12.4 Å². The molecule has 0 unspecified atom stereocenters. The van der Waals surface area contributed by atoms with Crippen LogP contribution < -0.4 is 15.4 Å². The van der Waals surface area contributed by atoms with E-state index in [-0.39, 0.29) is 11.6 Å². The number of pyridine rings is 1. The zero-order valence-corrected chi connectivity index (χ0v) is 14.7. The molecule has 7 nitrogen and oxygen atoms in total. The number of nitrogens with zero attached hydrogens (tertiary/aromatic N) is 3. The number of rotatable bonds is 6. The maximum absolute atomic E-state index is 12.3. The molecule has 0 atom stereocenters. The van der Waals surface area contributed by atoms with E-state index in [0.29, 0.717) is 28.8 Å². The summed E-state index contributed by atoms with van der Waals surface area (Å²) in [5.41, 5.74) is 1.78. The highest BCUT2D eigenvalue weighted by atomic mass is 35.5. The maximum atomic E-state index is 12.3. The monoisotopic (exact) mass is 369 g/mol. The minimum atomic E-state index is -0.308. The van der Waals surface area contributed by atoms with Crippen molar-refractivity contribution in [2.24, 2.45) is 0 Å². The highest BCUT2D eigenvalue weighted by molar-refractivity contribution is 6.31. The maximum Gasteiger partial charge on any atom is 0.270 e. The molecule has 2 heterocycles. The first kappa shape index (κ1) is 17.6. The van der Waals surface area contributed by atoms with Crippen LogP contribution in [0.1, 0.15) is 16.1 Å².